The van der Waals surface area contributed by atoms with Gasteiger partial charge in [-0.2, -0.15) is 5.10 Å². The molecule has 132 valence electrons. The highest BCUT2D eigenvalue weighted by Gasteiger charge is 2.30. The number of hydrogen-bond donors (Lipinski definition) is 1. The van der Waals surface area contributed by atoms with Crippen molar-refractivity contribution in [2.24, 2.45) is 7.05 Å². The summed E-state index contributed by atoms with van der Waals surface area (Å²) in [4.78, 5) is 25.2. The van der Waals surface area contributed by atoms with Crippen LogP contribution in [-0.2, 0) is 16.6 Å². The van der Waals surface area contributed by atoms with Gasteiger partial charge in [-0.1, -0.05) is 0 Å². The van der Waals surface area contributed by atoms with Crippen molar-refractivity contribution < 1.29 is 24.2 Å². The highest BCUT2D eigenvalue weighted by atomic mass is 16.5. The van der Waals surface area contributed by atoms with Crippen molar-refractivity contribution in [3.63, 3.8) is 0 Å². The number of carbonyl (C=O) groups is 2. The number of aliphatic carboxylic acids is 1. The zero-order valence-corrected chi connectivity index (χ0v) is 13.8. The molecule has 1 aliphatic rings. The SMILES string of the molecule is Cn1cc(C2COCCN2C(=O)c2ccc(OCC(=O)O)cc2)cn1. The molecule has 2 heterocycles. The van der Waals surface area contributed by atoms with E-state index in [1.165, 1.54) is 0 Å². The second-order valence-corrected chi connectivity index (χ2v) is 5.74. The van der Waals surface area contributed by atoms with Crippen molar-refractivity contribution in [1.29, 1.82) is 0 Å². The van der Waals surface area contributed by atoms with Gasteiger partial charge in [-0.25, -0.2) is 4.79 Å². The number of amides is 1. The predicted octanol–water partition coefficient (Wildman–Crippen LogP) is 1.10. The van der Waals surface area contributed by atoms with Gasteiger partial charge >= 0.3 is 5.97 Å². The minimum atomic E-state index is -1.05. The minimum Gasteiger partial charge on any atom is -0.482 e. The number of nitrogens with zero attached hydrogens (tertiary/aromatic N) is 3. The molecule has 25 heavy (non-hydrogen) atoms. The van der Waals surface area contributed by atoms with Crippen LogP contribution in [0.2, 0.25) is 0 Å². The summed E-state index contributed by atoms with van der Waals surface area (Å²) in [5.74, 6) is -0.751. The number of aromatic nitrogens is 2. The zero-order chi connectivity index (χ0) is 17.8. The summed E-state index contributed by atoms with van der Waals surface area (Å²) in [7, 11) is 1.83. The van der Waals surface area contributed by atoms with Crippen LogP contribution in [0.1, 0.15) is 22.0 Å². The molecule has 1 atom stereocenters. The molecule has 1 amide bonds. The van der Waals surface area contributed by atoms with Gasteiger partial charge in [0.25, 0.3) is 5.91 Å². The normalized spacial score (nSPS) is 17.3. The fraction of sp³-hybridized carbons (Fsp3) is 0.353. The maximum absolute atomic E-state index is 12.9. The van der Waals surface area contributed by atoms with Gasteiger partial charge in [0, 0.05) is 30.9 Å². The number of aryl methyl sites for hydroxylation is 1. The summed E-state index contributed by atoms with van der Waals surface area (Å²) in [6, 6.07) is 6.27. The van der Waals surface area contributed by atoms with E-state index in [4.69, 9.17) is 14.6 Å². The first kappa shape index (κ1) is 17.0. The highest BCUT2D eigenvalue weighted by molar-refractivity contribution is 5.94. The maximum Gasteiger partial charge on any atom is 0.341 e. The maximum atomic E-state index is 12.9. The molecule has 1 unspecified atom stereocenters. The van der Waals surface area contributed by atoms with Crippen LogP contribution in [0.15, 0.2) is 36.7 Å². The summed E-state index contributed by atoms with van der Waals surface area (Å²) in [5.41, 5.74) is 1.44. The van der Waals surface area contributed by atoms with Gasteiger partial charge in [0.05, 0.1) is 25.5 Å². The van der Waals surface area contributed by atoms with E-state index in [1.54, 1.807) is 40.0 Å². The number of carboxylic acid groups (broad SMARTS) is 1. The lowest BCUT2D eigenvalue weighted by Crippen LogP contribution is -2.43. The van der Waals surface area contributed by atoms with E-state index in [0.29, 0.717) is 31.1 Å². The Morgan fingerprint density at radius 3 is 2.76 bits per heavy atom. The van der Waals surface area contributed by atoms with Crippen LogP contribution in [0.25, 0.3) is 0 Å². The molecule has 0 spiro atoms. The third-order valence-corrected chi connectivity index (χ3v) is 3.96. The number of morpholine rings is 1. The molecule has 0 saturated carbocycles. The Morgan fingerprint density at radius 1 is 1.36 bits per heavy atom. The molecule has 1 N–H and O–H groups in total. The first-order valence-electron chi connectivity index (χ1n) is 7.86. The van der Waals surface area contributed by atoms with E-state index >= 15 is 0 Å². The van der Waals surface area contributed by atoms with E-state index in [-0.39, 0.29) is 11.9 Å². The van der Waals surface area contributed by atoms with Gasteiger partial charge in [-0.15, -0.1) is 0 Å². The van der Waals surface area contributed by atoms with Crippen LogP contribution in [0.5, 0.6) is 5.75 Å². The van der Waals surface area contributed by atoms with Gasteiger partial charge in [-0.3, -0.25) is 9.48 Å². The number of carboxylic acids is 1. The lowest BCUT2D eigenvalue weighted by molar-refractivity contribution is -0.139. The van der Waals surface area contributed by atoms with E-state index in [2.05, 4.69) is 5.10 Å². The van der Waals surface area contributed by atoms with Gasteiger partial charge in [-0.05, 0) is 24.3 Å². The van der Waals surface area contributed by atoms with E-state index in [9.17, 15) is 9.59 Å². The number of ether oxygens (including phenoxy) is 2. The molecule has 2 aromatic rings. The number of carbonyl (C=O) groups excluding carboxylic acids is 1. The van der Waals surface area contributed by atoms with Crippen molar-refractivity contribution in [2.75, 3.05) is 26.4 Å². The van der Waals surface area contributed by atoms with Crippen molar-refractivity contribution in [2.45, 2.75) is 6.04 Å². The van der Waals surface area contributed by atoms with Crippen LogP contribution < -0.4 is 4.74 Å². The monoisotopic (exact) mass is 345 g/mol. The molecule has 8 nitrogen and oxygen atoms in total. The molecule has 1 saturated heterocycles. The number of hydrogen-bond acceptors (Lipinski definition) is 5. The molecule has 1 aromatic heterocycles. The molecule has 1 aromatic carbocycles. The summed E-state index contributed by atoms with van der Waals surface area (Å²) in [6.45, 7) is 0.995. The average molecular weight is 345 g/mol. The molecular weight excluding hydrogens is 326 g/mol. The third-order valence-electron chi connectivity index (χ3n) is 3.96. The van der Waals surface area contributed by atoms with Gasteiger partial charge in [0.2, 0.25) is 0 Å². The lowest BCUT2D eigenvalue weighted by Gasteiger charge is -2.35. The fourth-order valence-electron chi connectivity index (χ4n) is 2.74. The molecule has 1 aliphatic heterocycles. The van der Waals surface area contributed by atoms with Gasteiger partial charge in [0.1, 0.15) is 5.75 Å². The molecule has 8 heteroatoms. The molecule has 0 aliphatic carbocycles. The zero-order valence-electron chi connectivity index (χ0n) is 13.8. The van der Waals surface area contributed by atoms with Crippen molar-refractivity contribution in [3.05, 3.63) is 47.8 Å². The van der Waals surface area contributed by atoms with Crippen LogP contribution in [-0.4, -0.2) is 58.0 Å². The smallest absolute Gasteiger partial charge is 0.341 e. The predicted molar refractivity (Wildman–Crippen MR) is 87.4 cm³/mol. The first-order chi connectivity index (χ1) is 12.0. The Labute approximate surface area is 144 Å². The Balaban J connectivity index is 1.74. The Bertz CT molecular complexity index is 756. The van der Waals surface area contributed by atoms with Crippen molar-refractivity contribution >= 4 is 11.9 Å². The molecular formula is C17H19N3O5. The summed E-state index contributed by atoms with van der Waals surface area (Å²) in [6.07, 6.45) is 3.62. The van der Waals surface area contributed by atoms with Gasteiger partial charge < -0.3 is 19.5 Å². The summed E-state index contributed by atoms with van der Waals surface area (Å²) in [5, 5.41) is 12.8. The van der Waals surface area contributed by atoms with Crippen LogP contribution in [0.3, 0.4) is 0 Å². The first-order valence-corrected chi connectivity index (χ1v) is 7.86. The lowest BCUT2D eigenvalue weighted by atomic mass is 10.1. The van der Waals surface area contributed by atoms with Crippen LogP contribution >= 0.6 is 0 Å². The Morgan fingerprint density at radius 2 is 2.12 bits per heavy atom. The Hall–Kier alpha value is -2.87. The number of benzene rings is 1. The quantitative estimate of drug-likeness (QED) is 0.872. The van der Waals surface area contributed by atoms with Gasteiger partial charge in [0.15, 0.2) is 6.61 Å². The Kier molecular flexibility index (Phi) is 4.99. The summed E-state index contributed by atoms with van der Waals surface area (Å²) >= 11 is 0. The minimum absolute atomic E-state index is 0.109. The van der Waals surface area contributed by atoms with E-state index in [1.807, 2.05) is 13.2 Å². The highest BCUT2D eigenvalue weighted by Crippen LogP contribution is 2.26. The van der Waals surface area contributed by atoms with Crippen LogP contribution in [0, 0.1) is 0 Å². The molecule has 0 bridgehead atoms. The summed E-state index contributed by atoms with van der Waals surface area (Å²) < 4.78 is 12.3. The second kappa shape index (κ2) is 7.35. The second-order valence-electron chi connectivity index (χ2n) is 5.74. The van der Waals surface area contributed by atoms with E-state index in [0.717, 1.165) is 5.56 Å². The molecule has 0 radical (unpaired) electrons. The van der Waals surface area contributed by atoms with Crippen molar-refractivity contribution in [1.82, 2.24) is 14.7 Å². The molecule has 1 fully saturated rings. The molecule has 3 rings (SSSR count). The van der Waals surface area contributed by atoms with Crippen molar-refractivity contribution in [3.8, 4) is 5.75 Å². The largest absolute Gasteiger partial charge is 0.482 e. The average Bonchev–Trinajstić information content (AvgIpc) is 3.06. The third kappa shape index (κ3) is 3.97. The topological polar surface area (TPSA) is 93.9 Å². The van der Waals surface area contributed by atoms with E-state index < -0.39 is 12.6 Å². The standard InChI is InChI=1S/C17H19N3O5/c1-19-9-13(8-18-19)15-10-24-7-6-20(15)17(23)12-2-4-14(5-3-12)25-11-16(21)22/h2-5,8-9,15H,6-7,10-11H2,1H3,(H,21,22). The van der Waals surface area contributed by atoms with Crippen LogP contribution in [0.4, 0.5) is 0 Å². The number of rotatable bonds is 5. The fourth-order valence-corrected chi connectivity index (χ4v) is 2.74.